The lowest BCUT2D eigenvalue weighted by atomic mass is 10.0. The molecule has 1 unspecified atom stereocenters. The van der Waals surface area contributed by atoms with E-state index >= 15 is 0 Å². The quantitative estimate of drug-likeness (QED) is 0.721. The Balaban J connectivity index is 1.78. The molecule has 140 valence electrons. The van der Waals surface area contributed by atoms with Gasteiger partial charge in [0.05, 0.1) is 23.3 Å². The Kier molecular flexibility index (Phi) is 5.30. The largest absolute Gasteiger partial charge is 0.394 e. The van der Waals surface area contributed by atoms with Gasteiger partial charge >= 0.3 is 0 Å². The van der Waals surface area contributed by atoms with Gasteiger partial charge in [0, 0.05) is 24.9 Å². The molecule has 0 amide bonds. The highest BCUT2D eigenvalue weighted by Gasteiger charge is 2.19. The normalized spacial score (nSPS) is 15.4. The van der Waals surface area contributed by atoms with Crippen LogP contribution < -0.4 is 4.90 Å². The minimum Gasteiger partial charge on any atom is -0.394 e. The van der Waals surface area contributed by atoms with Gasteiger partial charge in [-0.15, -0.1) is 0 Å². The summed E-state index contributed by atoms with van der Waals surface area (Å²) in [4.78, 5) is 7.14. The predicted octanol–water partition coefficient (Wildman–Crippen LogP) is 3.74. The van der Waals surface area contributed by atoms with Gasteiger partial charge < -0.3 is 15.1 Å². The Hall–Kier alpha value is -2.14. The molecule has 4 nitrogen and oxygen atoms in total. The minimum atomic E-state index is -0.799. The third kappa shape index (κ3) is 3.79. The Bertz CT molecular complexity index is 960. The number of nitrogens with zero attached hydrogens (tertiary/aromatic N) is 2. The van der Waals surface area contributed by atoms with E-state index in [1.807, 2.05) is 24.3 Å². The van der Waals surface area contributed by atoms with Crippen molar-refractivity contribution in [1.29, 1.82) is 0 Å². The average Bonchev–Trinajstić information content (AvgIpc) is 2.91. The van der Waals surface area contributed by atoms with Crippen molar-refractivity contribution >= 4 is 28.3 Å². The topological polar surface area (TPSA) is 56.6 Å². The molecule has 0 spiro atoms. The van der Waals surface area contributed by atoms with E-state index < -0.39 is 6.10 Å². The van der Waals surface area contributed by atoms with Gasteiger partial charge in [-0.05, 0) is 41.7 Å². The zero-order chi connectivity index (χ0) is 18.8. The summed E-state index contributed by atoms with van der Waals surface area (Å²) in [5.41, 5.74) is 4.42. The summed E-state index contributed by atoms with van der Waals surface area (Å²) in [6.45, 7) is 1.46. The first kappa shape index (κ1) is 18.2. The highest BCUT2D eigenvalue weighted by atomic mass is 35.5. The van der Waals surface area contributed by atoms with Crippen LogP contribution in [0.15, 0.2) is 48.5 Å². The highest BCUT2D eigenvalue weighted by molar-refractivity contribution is 6.35. The molecule has 0 fully saturated rings. The van der Waals surface area contributed by atoms with E-state index in [0.717, 1.165) is 48.2 Å². The van der Waals surface area contributed by atoms with E-state index in [1.165, 1.54) is 11.1 Å². The summed E-state index contributed by atoms with van der Waals surface area (Å²) in [6.07, 6.45) is 1.70. The number of hydrogen-bond donors (Lipinski definition) is 2. The second kappa shape index (κ2) is 7.85. The maximum absolute atomic E-state index is 10.00. The van der Waals surface area contributed by atoms with Gasteiger partial charge in [-0.3, -0.25) is 0 Å². The molecule has 1 atom stereocenters. The maximum Gasteiger partial charge on any atom is 0.129 e. The number of aromatic nitrogens is 1. The lowest BCUT2D eigenvalue weighted by Crippen LogP contribution is -2.24. The third-order valence-corrected chi connectivity index (χ3v) is 5.51. The molecular weight excluding hydrogens is 360 g/mol. The Morgan fingerprint density at radius 2 is 1.93 bits per heavy atom. The fraction of sp³-hybridized carbons (Fsp3) is 0.318. The van der Waals surface area contributed by atoms with Crippen LogP contribution in [0.5, 0.6) is 0 Å². The summed E-state index contributed by atoms with van der Waals surface area (Å²) < 4.78 is 0. The fourth-order valence-corrected chi connectivity index (χ4v) is 4.03. The van der Waals surface area contributed by atoms with Crippen molar-refractivity contribution in [3.63, 3.8) is 0 Å². The van der Waals surface area contributed by atoms with Crippen molar-refractivity contribution in [2.45, 2.75) is 31.9 Å². The molecule has 27 heavy (non-hydrogen) atoms. The van der Waals surface area contributed by atoms with Gasteiger partial charge in [-0.25, -0.2) is 4.98 Å². The first-order chi connectivity index (χ1) is 13.2. The average molecular weight is 383 g/mol. The van der Waals surface area contributed by atoms with Crippen LogP contribution in [0.2, 0.25) is 5.02 Å². The molecule has 2 aromatic carbocycles. The minimum absolute atomic E-state index is 0.267. The summed E-state index contributed by atoms with van der Waals surface area (Å²) in [5.74, 6) is 0.868. The van der Waals surface area contributed by atoms with Crippen LogP contribution in [0.3, 0.4) is 0 Å². The number of aryl methyl sites for hydroxylation is 1. The zero-order valence-electron chi connectivity index (χ0n) is 15.1. The van der Waals surface area contributed by atoms with E-state index in [9.17, 15) is 10.2 Å². The number of anilines is 1. The predicted molar refractivity (Wildman–Crippen MR) is 109 cm³/mol. The molecular formula is C22H23ClN2O2. The van der Waals surface area contributed by atoms with E-state index in [4.69, 9.17) is 16.6 Å². The molecule has 1 aromatic heterocycles. The van der Waals surface area contributed by atoms with Crippen LogP contribution in [0.4, 0.5) is 5.82 Å². The number of aliphatic hydroxyl groups excluding tert-OH is 2. The summed E-state index contributed by atoms with van der Waals surface area (Å²) in [5, 5.41) is 20.8. The SMILES string of the molecule is OCC(O)Cc1cc(N2CCCc3ccccc3C2)nc2c(Cl)cccc12. The number of rotatable bonds is 4. The second-order valence-electron chi connectivity index (χ2n) is 7.11. The van der Waals surface area contributed by atoms with E-state index in [2.05, 4.69) is 29.2 Å². The van der Waals surface area contributed by atoms with Crippen molar-refractivity contribution in [3.8, 4) is 0 Å². The van der Waals surface area contributed by atoms with Crippen molar-refractivity contribution in [2.75, 3.05) is 18.1 Å². The van der Waals surface area contributed by atoms with Crippen LogP contribution in [0.25, 0.3) is 10.9 Å². The van der Waals surface area contributed by atoms with Gasteiger partial charge in [0.1, 0.15) is 5.82 Å². The lowest BCUT2D eigenvalue weighted by molar-refractivity contribution is 0.0957. The first-order valence-electron chi connectivity index (χ1n) is 9.34. The first-order valence-corrected chi connectivity index (χ1v) is 9.72. The van der Waals surface area contributed by atoms with Crippen LogP contribution in [0, 0.1) is 0 Å². The van der Waals surface area contributed by atoms with Crippen molar-refractivity contribution < 1.29 is 10.2 Å². The standard InChI is InChI=1S/C22H23ClN2O2/c23-20-9-3-8-19-17(11-18(27)14-26)12-21(24-22(19)20)25-10-4-7-15-5-1-2-6-16(15)13-25/h1-3,5-6,8-9,12,18,26-27H,4,7,10-11,13-14H2. The van der Waals surface area contributed by atoms with Crippen LogP contribution >= 0.6 is 11.6 Å². The van der Waals surface area contributed by atoms with Crippen molar-refractivity contribution in [1.82, 2.24) is 4.98 Å². The molecule has 1 aliphatic heterocycles. The van der Waals surface area contributed by atoms with Crippen molar-refractivity contribution in [3.05, 3.63) is 70.2 Å². The summed E-state index contributed by atoms with van der Waals surface area (Å²) in [6, 6.07) is 16.3. The molecule has 0 saturated carbocycles. The molecule has 3 aromatic rings. The molecule has 0 saturated heterocycles. The number of hydrogen-bond acceptors (Lipinski definition) is 4. The molecule has 2 N–H and O–H groups in total. The van der Waals surface area contributed by atoms with E-state index in [1.54, 1.807) is 0 Å². The number of pyridine rings is 1. The van der Waals surface area contributed by atoms with Gasteiger partial charge in [0.25, 0.3) is 0 Å². The number of fused-ring (bicyclic) bond motifs is 2. The summed E-state index contributed by atoms with van der Waals surface area (Å²) in [7, 11) is 0. The van der Waals surface area contributed by atoms with Crippen molar-refractivity contribution in [2.24, 2.45) is 0 Å². The smallest absolute Gasteiger partial charge is 0.129 e. The fourth-order valence-electron chi connectivity index (χ4n) is 3.81. The van der Waals surface area contributed by atoms with Gasteiger partial charge in [0.15, 0.2) is 0 Å². The number of benzene rings is 2. The Morgan fingerprint density at radius 3 is 2.74 bits per heavy atom. The van der Waals surface area contributed by atoms with E-state index in [-0.39, 0.29) is 6.61 Å². The van der Waals surface area contributed by atoms with Crippen LogP contribution in [-0.2, 0) is 19.4 Å². The van der Waals surface area contributed by atoms with Crippen LogP contribution in [0.1, 0.15) is 23.1 Å². The summed E-state index contributed by atoms with van der Waals surface area (Å²) >= 11 is 6.43. The zero-order valence-corrected chi connectivity index (χ0v) is 15.9. The third-order valence-electron chi connectivity index (χ3n) is 5.21. The number of halogens is 1. The molecule has 0 bridgehead atoms. The van der Waals surface area contributed by atoms with Gasteiger partial charge in [0.2, 0.25) is 0 Å². The maximum atomic E-state index is 10.00. The second-order valence-corrected chi connectivity index (χ2v) is 7.52. The molecule has 1 aliphatic rings. The van der Waals surface area contributed by atoms with Gasteiger partial charge in [-0.2, -0.15) is 0 Å². The highest BCUT2D eigenvalue weighted by Crippen LogP contribution is 2.31. The molecule has 5 heteroatoms. The molecule has 0 radical (unpaired) electrons. The van der Waals surface area contributed by atoms with Crippen LogP contribution in [-0.4, -0.2) is 34.5 Å². The Labute approximate surface area is 164 Å². The Morgan fingerprint density at radius 1 is 1.11 bits per heavy atom. The van der Waals surface area contributed by atoms with E-state index in [0.29, 0.717) is 11.4 Å². The monoisotopic (exact) mass is 382 g/mol. The molecule has 2 heterocycles. The lowest BCUT2D eigenvalue weighted by Gasteiger charge is -2.24. The number of aliphatic hydroxyl groups is 2. The van der Waals surface area contributed by atoms with Gasteiger partial charge in [-0.1, -0.05) is 48.0 Å². The molecule has 0 aliphatic carbocycles. The molecule has 4 rings (SSSR count). The number of para-hydroxylation sites is 1.